The number of hydrogen-bond acceptors (Lipinski definition) is 5. The molecule has 1 amide bonds. The van der Waals surface area contributed by atoms with Crippen LogP contribution in [0.1, 0.15) is 17.5 Å². The van der Waals surface area contributed by atoms with Crippen molar-refractivity contribution in [3.05, 3.63) is 77.2 Å². The molecule has 150 valence electrons. The SMILES string of the molecule is C=CCN1C(=O)/C(=C\c2ccc(OCCCOc3cccc(C)c3)cc2)SC1=S. The molecule has 0 bridgehead atoms. The van der Waals surface area contributed by atoms with Gasteiger partial charge < -0.3 is 9.47 Å². The van der Waals surface area contributed by atoms with Crippen LogP contribution in [0.2, 0.25) is 0 Å². The molecule has 1 aliphatic rings. The highest BCUT2D eigenvalue weighted by atomic mass is 32.2. The molecule has 29 heavy (non-hydrogen) atoms. The Morgan fingerprint density at radius 3 is 2.52 bits per heavy atom. The summed E-state index contributed by atoms with van der Waals surface area (Å²) in [5, 5.41) is 0. The van der Waals surface area contributed by atoms with Crippen molar-refractivity contribution in [3.8, 4) is 11.5 Å². The summed E-state index contributed by atoms with van der Waals surface area (Å²) in [6, 6.07) is 15.7. The molecule has 2 aromatic rings. The summed E-state index contributed by atoms with van der Waals surface area (Å²) in [4.78, 5) is 14.5. The average molecular weight is 426 g/mol. The molecule has 0 atom stereocenters. The largest absolute Gasteiger partial charge is 0.493 e. The van der Waals surface area contributed by atoms with Gasteiger partial charge in [0.15, 0.2) is 0 Å². The number of benzene rings is 2. The Hall–Kier alpha value is -2.57. The zero-order chi connectivity index (χ0) is 20.6. The van der Waals surface area contributed by atoms with Crippen molar-refractivity contribution in [2.24, 2.45) is 0 Å². The lowest BCUT2D eigenvalue weighted by Gasteiger charge is -2.10. The van der Waals surface area contributed by atoms with E-state index in [0.29, 0.717) is 29.0 Å². The van der Waals surface area contributed by atoms with Gasteiger partial charge in [0.25, 0.3) is 5.91 Å². The van der Waals surface area contributed by atoms with Crippen LogP contribution in [0, 0.1) is 6.92 Å². The van der Waals surface area contributed by atoms with Crippen molar-refractivity contribution in [1.29, 1.82) is 0 Å². The third kappa shape index (κ3) is 5.95. The lowest BCUT2D eigenvalue weighted by atomic mass is 10.2. The van der Waals surface area contributed by atoms with Crippen LogP contribution in [-0.2, 0) is 4.79 Å². The summed E-state index contributed by atoms with van der Waals surface area (Å²) in [6.07, 6.45) is 4.31. The second-order valence-electron chi connectivity index (χ2n) is 6.52. The molecule has 1 saturated heterocycles. The first-order valence-corrected chi connectivity index (χ1v) is 10.6. The van der Waals surface area contributed by atoms with Gasteiger partial charge in [-0.3, -0.25) is 9.69 Å². The highest BCUT2D eigenvalue weighted by molar-refractivity contribution is 8.26. The van der Waals surface area contributed by atoms with Gasteiger partial charge in [-0.25, -0.2) is 0 Å². The first-order chi connectivity index (χ1) is 14.1. The van der Waals surface area contributed by atoms with Gasteiger partial charge >= 0.3 is 0 Å². The standard InChI is InChI=1S/C23H23NO3S2/c1-3-12-24-22(25)21(29-23(24)28)16-18-8-10-19(11-9-18)26-13-5-14-27-20-7-4-6-17(2)15-20/h3-4,6-11,15-16H,1,5,12-14H2,2H3/b21-16+. The molecule has 1 aliphatic heterocycles. The van der Waals surface area contributed by atoms with E-state index in [-0.39, 0.29) is 5.91 Å². The fraction of sp³-hybridized carbons (Fsp3) is 0.217. The van der Waals surface area contributed by atoms with E-state index in [1.165, 1.54) is 17.3 Å². The maximum absolute atomic E-state index is 12.4. The zero-order valence-corrected chi connectivity index (χ0v) is 17.9. The monoisotopic (exact) mass is 425 g/mol. The van der Waals surface area contributed by atoms with Crippen LogP contribution in [0.4, 0.5) is 0 Å². The Balaban J connectivity index is 1.46. The molecule has 3 rings (SSSR count). The summed E-state index contributed by atoms with van der Waals surface area (Å²) in [5.41, 5.74) is 2.11. The topological polar surface area (TPSA) is 38.8 Å². The third-order valence-electron chi connectivity index (χ3n) is 4.18. The predicted octanol–water partition coefficient (Wildman–Crippen LogP) is 5.23. The van der Waals surface area contributed by atoms with Crippen molar-refractivity contribution in [2.75, 3.05) is 19.8 Å². The van der Waals surface area contributed by atoms with E-state index in [0.717, 1.165) is 23.5 Å². The maximum atomic E-state index is 12.4. The van der Waals surface area contributed by atoms with E-state index < -0.39 is 0 Å². The van der Waals surface area contributed by atoms with Gasteiger partial charge in [-0.1, -0.05) is 54.3 Å². The van der Waals surface area contributed by atoms with Gasteiger partial charge in [-0.2, -0.15) is 0 Å². The van der Waals surface area contributed by atoms with Crippen molar-refractivity contribution in [1.82, 2.24) is 4.90 Å². The van der Waals surface area contributed by atoms with Gasteiger partial charge in [0.05, 0.1) is 18.1 Å². The Morgan fingerprint density at radius 1 is 1.10 bits per heavy atom. The van der Waals surface area contributed by atoms with Crippen LogP contribution in [-0.4, -0.2) is 34.9 Å². The first-order valence-electron chi connectivity index (χ1n) is 9.35. The van der Waals surface area contributed by atoms with E-state index in [1.54, 1.807) is 11.0 Å². The lowest BCUT2D eigenvalue weighted by molar-refractivity contribution is -0.121. The molecule has 0 unspecified atom stereocenters. The molecular formula is C23H23NO3S2. The normalized spacial score (nSPS) is 15.1. The van der Waals surface area contributed by atoms with Gasteiger partial charge in [0, 0.05) is 13.0 Å². The number of rotatable bonds is 9. The molecular weight excluding hydrogens is 402 g/mol. The molecule has 0 aliphatic carbocycles. The smallest absolute Gasteiger partial charge is 0.266 e. The number of thiocarbonyl (C=S) groups is 1. The highest BCUT2D eigenvalue weighted by Crippen LogP contribution is 2.32. The fourth-order valence-corrected chi connectivity index (χ4v) is 4.02. The number of carbonyl (C=O) groups is 1. The Bertz CT molecular complexity index is 922. The van der Waals surface area contributed by atoms with Crippen LogP contribution in [0.5, 0.6) is 11.5 Å². The number of nitrogens with zero attached hydrogens (tertiary/aromatic N) is 1. The Kier molecular flexibility index (Phi) is 7.49. The second-order valence-corrected chi connectivity index (χ2v) is 8.19. The molecule has 0 spiro atoms. The first kappa shape index (κ1) is 21.1. The lowest BCUT2D eigenvalue weighted by Crippen LogP contribution is -2.27. The summed E-state index contributed by atoms with van der Waals surface area (Å²) >= 11 is 6.57. The predicted molar refractivity (Wildman–Crippen MR) is 123 cm³/mol. The van der Waals surface area contributed by atoms with Crippen molar-refractivity contribution >= 4 is 40.3 Å². The van der Waals surface area contributed by atoms with Crippen LogP contribution in [0.15, 0.2) is 66.1 Å². The minimum Gasteiger partial charge on any atom is -0.493 e. The second kappa shape index (κ2) is 10.3. The molecule has 2 aromatic carbocycles. The number of amides is 1. The van der Waals surface area contributed by atoms with E-state index in [1.807, 2.05) is 61.5 Å². The molecule has 0 saturated carbocycles. The molecule has 4 nitrogen and oxygen atoms in total. The number of thioether (sulfide) groups is 1. The molecule has 0 N–H and O–H groups in total. The summed E-state index contributed by atoms with van der Waals surface area (Å²) in [5.74, 6) is 1.60. The molecule has 0 aromatic heterocycles. The molecule has 1 heterocycles. The number of carbonyl (C=O) groups excluding carboxylic acids is 1. The zero-order valence-electron chi connectivity index (χ0n) is 16.3. The van der Waals surface area contributed by atoms with Crippen LogP contribution < -0.4 is 9.47 Å². The average Bonchev–Trinajstić information content (AvgIpc) is 2.97. The summed E-state index contributed by atoms with van der Waals surface area (Å²) < 4.78 is 12.1. The summed E-state index contributed by atoms with van der Waals surface area (Å²) in [7, 11) is 0. The molecule has 1 fully saturated rings. The Labute approximate surface area is 181 Å². The van der Waals surface area contributed by atoms with E-state index in [2.05, 4.69) is 6.58 Å². The van der Waals surface area contributed by atoms with E-state index in [4.69, 9.17) is 21.7 Å². The minimum absolute atomic E-state index is 0.0752. The van der Waals surface area contributed by atoms with Crippen molar-refractivity contribution in [3.63, 3.8) is 0 Å². The molecule has 0 radical (unpaired) electrons. The van der Waals surface area contributed by atoms with E-state index >= 15 is 0 Å². The van der Waals surface area contributed by atoms with Gasteiger partial charge in [0.1, 0.15) is 15.8 Å². The molecule has 6 heteroatoms. The third-order valence-corrected chi connectivity index (χ3v) is 5.56. The summed E-state index contributed by atoms with van der Waals surface area (Å²) in [6.45, 7) is 7.32. The number of aryl methyl sites for hydroxylation is 1. The van der Waals surface area contributed by atoms with Crippen molar-refractivity contribution in [2.45, 2.75) is 13.3 Å². The van der Waals surface area contributed by atoms with Crippen LogP contribution in [0.25, 0.3) is 6.08 Å². The number of hydrogen-bond donors (Lipinski definition) is 0. The van der Waals surface area contributed by atoms with E-state index in [9.17, 15) is 4.79 Å². The van der Waals surface area contributed by atoms with Gasteiger partial charge in [-0.15, -0.1) is 6.58 Å². The fourth-order valence-electron chi connectivity index (χ4n) is 2.74. The van der Waals surface area contributed by atoms with Gasteiger partial charge in [0.2, 0.25) is 0 Å². The number of ether oxygens (including phenoxy) is 2. The quantitative estimate of drug-likeness (QED) is 0.238. The van der Waals surface area contributed by atoms with Crippen LogP contribution in [0.3, 0.4) is 0 Å². The van der Waals surface area contributed by atoms with Crippen molar-refractivity contribution < 1.29 is 14.3 Å². The van der Waals surface area contributed by atoms with Gasteiger partial charge in [-0.05, 0) is 48.4 Å². The minimum atomic E-state index is -0.0752. The van der Waals surface area contributed by atoms with Crippen LogP contribution >= 0.6 is 24.0 Å². The maximum Gasteiger partial charge on any atom is 0.266 e. The highest BCUT2D eigenvalue weighted by Gasteiger charge is 2.30. The Morgan fingerprint density at radius 2 is 1.83 bits per heavy atom.